The van der Waals surface area contributed by atoms with Crippen LogP contribution < -0.4 is 5.73 Å². The van der Waals surface area contributed by atoms with Crippen molar-refractivity contribution in [1.82, 2.24) is 0 Å². The molecule has 2 N–H and O–H groups in total. The normalized spacial score (nSPS) is 13.9. The maximum absolute atomic E-state index is 12.3. The molecule has 84 valence electrons. The Kier molecular flexibility index (Phi) is 4.48. The number of alkyl halides is 3. The van der Waals surface area contributed by atoms with Crippen LogP contribution in [0.4, 0.5) is 8.78 Å². The van der Waals surface area contributed by atoms with E-state index in [4.69, 9.17) is 11.6 Å². The van der Waals surface area contributed by atoms with Crippen LogP contribution in [0.1, 0.15) is 18.4 Å². The van der Waals surface area contributed by atoms with Crippen LogP contribution in [-0.2, 0) is 6.42 Å². The summed E-state index contributed by atoms with van der Waals surface area (Å²) in [7, 11) is 0. The van der Waals surface area contributed by atoms with Gasteiger partial charge in [-0.15, -0.1) is 11.6 Å². The standard InChI is InChI=1S/C11H14ClF2N/c12-10(6-7-11(13,14)15)8-9-4-2-1-3-5-9/h1-5,10H,6-8,15H2. The van der Waals surface area contributed by atoms with Crippen molar-refractivity contribution in [2.75, 3.05) is 0 Å². The third-order valence-electron chi connectivity index (χ3n) is 2.09. The molecule has 0 bridgehead atoms. The zero-order valence-electron chi connectivity index (χ0n) is 8.30. The lowest BCUT2D eigenvalue weighted by Gasteiger charge is -2.13. The predicted molar refractivity (Wildman–Crippen MR) is 58.2 cm³/mol. The molecule has 1 atom stereocenters. The highest BCUT2D eigenvalue weighted by atomic mass is 35.5. The molecule has 1 aromatic rings. The summed E-state index contributed by atoms with van der Waals surface area (Å²) in [6, 6.07) is 6.45. The molecule has 0 heterocycles. The maximum atomic E-state index is 12.3. The average molecular weight is 234 g/mol. The van der Waals surface area contributed by atoms with Crippen LogP contribution in [0.5, 0.6) is 0 Å². The number of hydrogen-bond acceptors (Lipinski definition) is 1. The molecule has 0 spiro atoms. The Morgan fingerprint density at radius 3 is 2.40 bits per heavy atom. The van der Waals surface area contributed by atoms with E-state index in [0.29, 0.717) is 6.42 Å². The molecule has 0 saturated carbocycles. The smallest absolute Gasteiger partial charge is 0.272 e. The van der Waals surface area contributed by atoms with Gasteiger partial charge in [-0.25, -0.2) is 0 Å². The predicted octanol–water partition coefficient (Wildman–Crippen LogP) is 3.17. The third-order valence-corrected chi connectivity index (χ3v) is 2.46. The van der Waals surface area contributed by atoms with Gasteiger partial charge in [-0.1, -0.05) is 30.3 Å². The number of nitrogens with two attached hydrogens (primary N) is 1. The molecule has 1 unspecified atom stereocenters. The SMILES string of the molecule is NC(F)(F)CCC(Cl)Cc1ccccc1. The molecule has 1 aromatic carbocycles. The van der Waals surface area contributed by atoms with Crippen LogP contribution in [-0.4, -0.2) is 11.4 Å². The fraction of sp³-hybridized carbons (Fsp3) is 0.455. The highest BCUT2D eigenvalue weighted by Gasteiger charge is 2.22. The molecular weight excluding hydrogens is 220 g/mol. The summed E-state index contributed by atoms with van der Waals surface area (Å²) < 4.78 is 24.7. The molecule has 15 heavy (non-hydrogen) atoms. The summed E-state index contributed by atoms with van der Waals surface area (Å²) in [5, 5.41) is -0.290. The van der Waals surface area contributed by atoms with Gasteiger partial charge in [-0.2, -0.15) is 8.78 Å². The number of halogens is 3. The quantitative estimate of drug-likeness (QED) is 0.614. The van der Waals surface area contributed by atoms with Gasteiger partial charge in [0.05, 0.1) is 0 Å². The van der Waals surface area contributed by atoms with Crippen LogP contribution >= 0.6 is 11.6 Å². The van der Waals surface area contributed by atoms with Crippen molar-refractivity contribution >= 4 is 11.6 Å². The molecule has 0 aliphatic heterocycles. The molecule has 0 fully saturated rings. The summed E-state index contributed by atoms with van der Waals surface area (Å²) in [5.74, 6) is 0. The summed E-state index contributed by atoms with van der Waals surface area (Å²) in [6.45, 7) is 0. The van der Waals surface area contributed by atoms with Crippen molar-refractivity contribution in [3.8, 4) is 0 Å². The minimum absolute atomic E-state index is 0.222. The minimum Gasteiger partial charge on any atom is -0.272 e. The van der Waals surface area contributed by atoms with E-state index in [1.165, 1.54) is 0 Å². The Bertz CT molecular complexity index is 284. The molecule has 0 aliphatic carbocycles. The van der Waals surface area contributed by atoms with E-state index in [9.17, 15) is 8.78 Å². The van der Waals surface area contributed by atoms with Crippen LogP contribution in [0, 0.1) is 0 Å². The summed E-state index contributed by atoms with van der Waals surface area (Å²) in [6.07, 6.45) is 0.451. The van der Waals surface area contributed by atoms with E-state index in [1.54, 1.807) is 0 Å². The van der Waals surface area contributed by atoms with Gasteiger partial charge < -0.3 is 0 Å². The topological polar surface area (TPSA) is 26.0 Å². The first-order valence-corrected chi connectivity index (χ1v) is 5.26. The summed E-state index contributed by atoms with van der Waals surface area (Å²) >= 11 is 5.93. The Morgan fingerprint density at radius 2 is 1.87 bits per heavy atom. The fourth-order valence-electron chi connectivity index (χ4n) is 1.32. The maximum Gasteiger partial charge on any atom is 0.300 e. The van der Waals surface area contributed by atoms with Gasteiger partial charge in [-0.05, 0) is 18.4 Å². The second-order valence-corrected chi connectivity index (χ2v) is 4.20. The Morgan fingerprint density at radius 1 is 1.27 bits per heavy atom. The zero-order chi connectivity index (χ0) is 11.3. The van der Waals surface area contributed by atoms with E-state index in [-0.39, 0.29) is 18.2 Å². The Hall–Kier alpha value is -0.670. The van der Waals surface area contributed by atoms with E-state index in [2.05, 4.69) is 5.73 Å². The fourth-order valence-corrected chi connectivity index (χ4v) is 1.61. The molecule has 1 rings (SSSR count). The lowest BCUT2D eigenvalue weighted by Crippen LogP contribution is -2.29. The third kappa shape index (κ3) is 5.70. The summed E-state index contributed by atoms with van der Waals surface area (Å²) in [5.41, 5.74) is 5.64. The molecule has 0 aromatic heterocycles. The molecule has 4 heteroatoms. The Balaban J connectivity index is 2.34. The van der Waals surface area contributed by atoms with E-state index in [0.717, 1.165) is 5.56 Å². The van der Waals surface area contributed by atoms with Crippen molar-refractivity contribution in [3.05, 3.63) is 35.9 Å². The lowest BCUT2D eigenvalue weighted by molar-refractivity contribution is -0.00278. The first-order chi connectivity index (χ1) is 6.97. The van der Waals surface area contributed by atoms with Gasteiger partial charge in [0, 0.05) is 11.8 Å². The second kappa shape index (κ2) is 5.42. The molecule has 0 aliphatic rings. The van der Waals surface area contributed by atoms with Crippen molar-refractivity contribution in [1.29, 1.82) is 0 Å². The van der Waals surface area contributed by atoms with E-state index >= 15 is 0 Å². The number of benzene rings is 1. The molecule has 0 saturated heterocycles. The van der Waals surface area contributed by atoms with Crippen molar-refractivity contribution in [2.24, 2.45) is 5.73 Å². The highest BCUT2D eigenvalue weighted by molar-refractivity contribution is 6.20. The van der Waals surface area contributed by atoms with Gasteiger partial charge >= 0.3 is 0 Å². The molecule has 1 nitrogen and oxygen atoms in total. The number of hydrogen-bond donors (Lipinski definition) is 1. The van der Waals surface area contributed by atoms with Gasteiger partial charge in [-0.3, -0.25) is 5.73 Å². The second-order valence-electron chi connectivity index (χ2n) is 3.59. The van der Waals surface area contributed by atoms with Gasteiger partial charge in [0.25, 0.3) is 6.05 Å². The van der Waals surface area contributed by atoms with Gasteiger partial charge in [0.2, 0.25) is 0 Å². The van der Waals surface area contributed by atoms with E-state index < -0.39 is 6.05 Å². The largest absolute Gasteiger partial charge is 0.300 e. The molecule has 0 radical (unpaired) electrons. The van der Waals surface area contributed by atoms with Gasteiger partial charge in [0.1, 0.15) is 0 Å². The van der Waals surface area contributed by atoms with Crippen molar-refractivity contribution in [3.63, 3.8) is 0 Å². The Labute approximate surface area is 93.2 Å². The first-order valence-electron chi connectivity index (χ1n) is 4.82. The minimum atomic E-state index is -3.11. The van der Waals surface area contributed by atoms with Gasteiger partial charge in [0.15, 0.2) is 0 Å². The first kappa shape index (κ1) is 12.4. The molecule has 0 amide bonds. The molecular formula is C11H14ClF2N. The summed E-state index contributed by atoms with van der Waals surface area (Å²) in [4.78, 5) is 0. The highest BCUT2D eigenvalue weighted by Crippen LogP contribution is 2.19. The average Bonchev–Trinajstić information content (AvgIpc) is 2.15. The zero-order valence-corrected chi connectivity index (χ0v) is 9.05. The van der Waals surface area contributed by atoms with Crippen molar-refractivity contribution in [2.45, 2.75) is 30.7 Å². The van der Waals surface area contributed by atoms with Crippen molar-refractivity contribution < 1.29 is 8.78 Å². The number of rotatable bonds is 5. The monoisotopic (exact) mass is 233 g/mol. The van der Waals surface area contributed by atoms with E-state index in [1.807, 2.05) is 30.3 Å². The van der Waals surface area contributed by atoms with Crippen LogP contribution in [0.3, 0.4) is 0 Å². The lowest BCUT2D eigenvalue weighted by atomic mass is 10.1. The van der Waals surface area contributed by atoms with Crippen LogP contribution in [0.2, 0.25) is 0 Å². The van der Waals surface area contributed by atoms with Crippen LogP contribution in [0.15, 0.2) is 30.3 Å². The van der Waals surface area contributed by atoms with Crippen LogP contribution in [0.25, 0.3) is 0 Å².